The Bertz CT molecular complexity index is 1570. The van der Waals surface area contributed by atoms with Gasteiger partial charge in [-0.3, -0.25) is 9.78 Å². The SMILES string of the molecule is O=C(O)c1ccc2c(c1)c(OCc1ccccc1)c(C(=O)Nc1cccnc1)n2Cc1ccc(F)cc1. The number of pyridine rings is 1. The van der Waals surface area contributed by atoms with Crippen LogP contribution in [0, 0.1) is 5.82 Å². The van der Waals surface area contributed by atoms with E-state index in [1.807, 2.05) is 30.3 Å². The van der Waals surface area contributed by atoms with Crippen LogP contribution in [0.15, 0.2) is 97.3 Å². The molecule has 1 amide bonds. The fourth-order valence-corrected chi connectivity index (χ4v) is 4.12. The Morgan fingerprint density at radius 3 is 2.43 bits per heavy atom. The molecule has 0 aliphatic carbocycles. The Kier molecular flexibility index (Phi) is 6.63. The lowest BCUT2D eigenvalue weighted by atomic mass is 10.1. The summed E-state index contributed by atoms with van der Waals surface area (Å²) in [5.74, 6) is -1.66. The zero-order valence-electron chi connectivity index (χ0n) is 19.6. The van der Waals surface area contributed by atoms with Gasteiger partial charge >= 0.3 is 5.97 Å². The van der Waals surface area contributed by atoms with Crippen LogP contribution in [-0.4, -0.2) is 26.5 Å². The number of carbonyl (C=O) groups is 2. The van der Waals surface area contributed by atoms with E-state index in [2.05, 4.69) is 10.3 Å². The number of fused-ring (bicyclic) bond motifs is 1. The molecule has 0 fully saturated rings. The highest BCUT2D eigenvalue weighted by Gasteiger charge is 2.26. The Morgan fingerprint density at radius 1 is 0.946 bits per heavy atom. The zero-order valence-corrected chi connectivity index (χ0v) is 19.6. The van der Waals surface area contributed by atoms with Crippen LogP contribution in [-0.2, 0) is 13.2 Å². The summed E-state index contributed by atoms with van der Waals surface area (Å²) in [5.41, 5.74) is 3.01. The Balaban J connectivity index is 1.67. The molecule has 184 valence electrons. The Labute approximate surface area is 211 Å². The Hall–Kier alpha value is -4.98. The first kappa shape index (κ1) is 23.7. The van der Waals surface area contributed by atoms with Crippen LogP contribution >= 0.6 is 0 Å². The molecule has 5 aromatic rings. The summed E-state index contributed by atoms with van der Waals surface area (Å²) in [5, 5.41) is 12.9. The fourth-order valence-electron chi connectivity index (χ4n) is 4.12. The van der Waals surface area contributed by atoms with Crippen LogP contribution in [0.3, 0.4) is 0 Å². The number of nitrogens with one attached hydrogen (secondary N) is 1. The van der Waals surface area contributed by atoms with Crippen molar-refractivity contribution >= 4 is 28.5 Å². The van der Waals surface area contributed by atoms with E-state index in [0.29, 0.717) is 16.6 Å². The third kappa shape index (κ3) is 5.18. The molecule has 0 bridgehead atoms. The number of hydrogen-bond donors (Lipinski definition) is 2. The zero-order chi connectivity index (χ0) is 25.8. The van der Waals surface area contributed by atoms with E-state index in [-0.39, 0.29) is 36.0 Å². The standard InChI is InChI=1S/C29H22FN3O4/c30-22-11-8-19(9-12-22)17-33-25-13-10-21(29(35)36)15-24(25)27(37-18-20-5-2-1-3-6-20)26(33)28(34)32-23-7-4-14-31-16-23/h1-16H,17-18H2,(H,32,34)(H,35,36). The highest BCUT2D eigenvalue weighted by Crippen LogP contribution is 2.36. The number of nitrogens with zero attached hydrogens (tertiary/aromatic N) is 2. The number of anilines is 1. The summed E-state index contributed by atoms with van der Waals surface area (Å²) in [6.07, 6.45) is 3.13. The molecule has 2 N–H and O–H groups in total. The second kappa shape index (κ2) is 10.3. The number of carbonyl (C=O) groups excluding carboxylic acids is 1. The summed E-state index contributed by atoms with van der Waals surface area (Å²) >= 11 is 0. The molecule has 7 nitrogen and oxygen atoms in total. The normalized spacial score (nSPS) is 10.8. The lowest BCUT2D eigenvalue weighted by molar-refractivity contribution is 0.0697. The first-order valence-corrected chi connectivity index (χ1v) is 11.5. The molecule has 0 saturated heterocycles. The van der Waals surface area contributed by atoms with Crippen molar-refractivity contribution in [3.05, 3.63) is 126 Å². The van der Waals surface area contributed by atoms with Gasteiger partial charge in [-0.15, -0.1) is 0 Å². The first-order chi connectivity index (χ1) is 18.0. The minimum Gasteiger partial charge on any atom is -0.486 e. The highest BCUT2D eigenvalue weighted by molar-refractivity contribution is 6.11. The molecular weight excluding hydrogens is 473 g/mol. The molecule has 8 heteroatoms. The van der Waals surface area contributed by atoms with Gasteiger partial charge in [0.15, 0.2) is 11.4 Å². The number of ether oxygens (including phenoxy) is 1. The van der Waals surface area contributed by atoms with E-state index >= 15 is 0 Å². The molecule has 0 saturated carbocycles. The largest absolute Gasteiger partial charge is 0.486 e. The third-order valence-corrected chi connectivity index (χ3v) is 5.88. The number of amides is 1. The quantitative estimate of drug-likeness (QED) is 0.286. The number of rotatable bonds is 8. The summed E-state index contributed by atoms with van der Waals surface area (Å²) in [6, 6.07) is 23.5. The number of aromatic nitrogens is 2. The van der Waals surface area contributed by atoms with E-state index in [1.54, 1.807) is 41.1 Å². The second-order valence-electron chi connectivity index (χ2n) is 8.40. The molecule has 37 heavy (non-hydrogen) atoms. The minimum absolute atomic E-state index is 0.0650. The van der Waals surface area contributed by atoms with Crippen LogP contribution in [0.4, 0.5) is 10.1 Å². The van der Waals surface area contributed by atoms with E-state index in [1.165, 1.54) is 30.5 Å². The number of carboxylic acids is 1. The predicted molar refractivity (Wildman–Crippen MR) is 137 cm³/mol. The van der Waals surface area contributed by atoms with Crippen molar-refractivity contribution in [2.75, 3.05) is 5.32 Å². The highest BCUT2D eigenvalue weighted by atomic mass is 19.1. The lowest BCUT2D eigenvalue weighted by Crippen LogP contribution is -2.19. The fraction of sp³-hybridized carbons (Fsp3) is 0.0690. The molecule has 3 aromatic carbocycles. The van der Waals surface area contributed by atoms with Gasteiger partial charge < -0.3 is 19.7 Å². The molecule has 0 unspecified atom stereocenters. The number of hydrogen-bond acceptors (Lipinski definition) is 4. The van der Waals surface area contributed by atoms with Gasteiger partial charge in [0.25, 0.3) is 5.91 Å². The van der Waals surface area contributed by atoms with Crippen molar-refractivity contribution in [1.29, 1.82) is 0 Å². The van der Waals surface area contributed by atoms with Crippen LogP contribution in [0.25, 0.3) is 10.9 Å². The maximum Gasteiger partial charge on any atom is 0.335 e. The van der Waals surface area contributed by atoms with Crippen molar-refractivity contribution in [2.45, 2.75) is 13.2 Å². The third-order valence-electron chi connectivity index (χ3n) is 5.88. The summed E-state index contributed by atoms with van der Waals surface area (Å²) in [4.78, 5) is 29.5. The van der Waals surface area contributed by atoms with Crippen LogP contribution in [0.5, 0.6) is 5.75 Å². The van der Waals surface area contributed by atoms with Gasteiger partial charge in [0.1, 0.15) is 12.4 Å². The number of benzene rings is 3. The van der Waals surface area contributed by atoms with Gasteiger partial charge in [-0.25, -0.2) is 9.18 Å². The van der Waals surface area contributed by atoms with E-state index in [9.17, 15) is 19.1 Å². The van der Waals surface area contributed by atoms with Crippen LogP contribution in [0.1, 0.15) is 32.0 Å². The molecule has 0 radical (unpaired) electrons. The number of halogens is 1. The molecule has 0 aliphatic rings. The van der Waals surface area contributed by atoms with E-state index in [4.69, 9.17) is 4.74 Å². The van der Waals surface area contributed by atoms with Gasteiger partial charge in [-0.1, -0.05) is 42.5 Å². The summed E-state index contributed by atoms with van der Waals surface area (Å²) < 4.78 is 21.5. The van der Waals surface area contributed by atoms with Crippen LogP contribution < -0.4 is 10.1 Å². The maximum absolute atomic E-state index is 13.7. The van der Waals surface area contributed by atoms with Crippen molar-refractivity contribution in [3.63, 3.8) is 0 Å². The molecular formula is C29H22FN3O4. The van der Waals surface area contributed by atoms with Crippen LogP contribution in [0.2, 0.25) is 0 Å². The van der Waals surface area contributed by atoms with Gasteiger partial charge in [-0.2, -0.15) is 0 Å². The average Bonchev–Trinajstić information content (AvgIpc) is 3.22. The topological polar surface area (TPSA) is 93.4 Å². The molecule has 0 spiro atoms. The summed E-state index contributed by atoms with van der Waals surface area (Å²) in [7, 11) is 0. The van der Waals surface area contributed by atoms with Gasteiger partial charge in [0, 0.05) is 18.1 Å². The average molecular weight is 496 g/mol. The van der Waals surface area contributed by atoms with Gasteiger partial charge in [-0.05, 0) is 53.6 Å². The van der Waals surface area contributed by atoms with E-state index in [0.717, 1.165) is 11.1 Å². The van der Waals surface area contributed by atoms with Crippen molar-refractivity contribution in [1.82, 2.24) is 9.55 Å². The smallest absolute Gasteiger partial charge is 0.335 e. The monoisotopic (exact) mass is 495 g/mol. The number of aromatic carboxylic acids is 1. The van der Waals surface area contributed by atoms with Crippen molar-refractivity contribution in [2.24, 2.45) is 0 Å². The van der Waals surface area contributed by atoms with Crippen molar-refractivity contribution < 1.29 is 23.8 Å². The molecule has 2 aromatic heterocycles. The first-order valence-electron chi connectivity index (χ1n) is 11.5. The Morgan fingerprint density at radius 2 is 1.73 bits per heavy atom. The molecule has 5 rings (SSSR count). The maximum atomic E-state index is 13.7. The van der Waals surface area contributed by atoms with E-state index < -0.39 is 11.9 Å². The van der Waals surface area contributed by atoms with Gasteiger partial charge in [0.2, 0.25) is 0 Å². The number of carboxylic acid groups (broad SMARTS) is 1. The molecule has 0 atom stereocenters. The van der Waals surface area contributed by atoms with Crippen molar-refractivity contribution in [3.8, 4) is 5.75 Å². The minimum atomic E-state index is -1.09. The van der Waals surface area contributed by atoms with Gasteiger partial charge in [0.05, 0.1) is 23.0 Å². The summed E-state index contributed by atoms with van der Waals surface area (Å²) in [6.45, 7) is 0.397. The molecule has 0 aliphatic heterocycles. The molecule has 2 heterocycles. The lowest BCUT2D eigenvalue weighted by Gasteiger charge is -2.13. The second-order valence-corrected chi connectivity index (χ2v) is 8.40. The predicted octanol–water partition coefficient (Wildman–Crippen LogP) is 5.75.